The number of rotatable bonds is 3. The molecule has 5 nitrogen and oxygen atoms in total. The van der Waals surface area contributed by atoms with Crippen LogP contribution in [0.1, 0.15) is 0 Å². The van der Waals surface area contributed by atoms with Gasteiger partial charge in [0, 0.05) is 45.9 Å². The maximum Gasteiger partial charge on any atom is 0.160 e. The molecule has 5 heterocycles. The lowest BCUT2D eigenvalue weighted by molar-refractivity contribution is 1.17. The lowest BCUT2D eigenvalue weighted by atomic mass is 9.95. The van der Waals surface area contributed by atoms with Gasteiger partial charge < -0.3 is 0 Å². The SMILES string of the molecule is c1ccc(-c2c(-c3ccc(-c4nc5ncccc5c5c4ccc4ccccc45)cc3)nc3ccccn23)nc1. The van der Waals surface area contributed by atoms with Crippen LogP contribution in [0.3, 0.4) is 0 Å². The molecule has 0 N–H and O–H groups in total. The number of aromatic nitrogens is 5. The molecule has 8 rings (SSSR count). The van der Waals surface area contributed by atoms with Crippen molar-refractivity contribution >= 4 is 38.2 Å². The molecule has 5 aromatic heterocycles. The van der Waals surface area contributed by atoms with E-state index in [4.69, 9.17) is 9.97 Å². The lowest BCUT2D eigenvalue weighted by Crippen LogP contribution is -1.93. The van der Waals surface area contributed by atoms with E-state index in [-0.39, 0.29) is 0 Å². The molecule has 0 amide bonds. The zero-order valence-electron chi connectivity index (χ0n) is 20.9. The summed E-state index contributed by atoms with van der Waals surface area (Å²) in [5.74, 6) is 0. The molecule has 0 fully saturated rings. The van der Waals surface area contributed by atoms with Gasteiger partial charge in [-0.3, -0.25) is 9.38 Å². The lowest BCUT2D eigenvalue weighted by Gasteiger charge is -2.12. The Labute approximate surface area is 224 Å². The molecular formula is C34H21N5. The third kappa shape index (κ3) is 3.41. The van der Waals surface area contributed by atoms with Crippen molar-refractivity contribution in [1.82, 2.24) is 24.3 Å². The van der Waals surface area contributed by atoms with Crippen LogP contribution >= 0.6 is 0 Å². The van der Waals surface area contributed by atoms with Crippen LogP contribution in [-0.2, 0) is 0 Å². The van der Waals surface area contributed by atoms with Crippen LogP contribution in [0, 0.1) is 0 Å². The minimum Gasteiger partial charge on any atom is -0.298 e. The number of benzene rings is 3. The fourth-order valence-corrected chi connectivity index (χ4v) is 5.56. The minimum atomic E-state index is 0.748. The van der Waals surface area contributed by atoms with Gasteiger partial charge in [-0.2, -0.15) is 0 Å². The molecule has 0 radical (unpaired) electrons. The van der Waals surface area contributed by atoms with Gasteiger partial charge in [0.15, 0.2) is 5.65 Å². The second-order valence-corrected chi connectivity index (χ2v) is 9.57. The molecule has 8 aromatic rings. The first-order valence-corrected chi connectivity index (χ1v) is 12.9. The number of pyridine rings is 4. The number of imidazole rings is 1. The molecule has 0 atom stereocenters. The van der Waals surface area contributed by atoms with Gasteiger partial charge in [0.25, 0.3) is 0 Å². The monoisotopic (exact) mass is 499 g/mol. The smallest absolute Gasteiger partial charge is 0.160 e. The zero-order valence-corrected chi connectivity index (χ0v) is 20.9. The average Bonchev–Trinajstić information content (AvgIpc) is 3.40. The first kappa shape index (κ1) is 21.6. The van der Waals surface area contributed by atoms with E-state index in [0.29, 0.717) is 0 Å². The Hall–Kier alpha value is -5.42. The summed E-state index contributed by atoms with van der Waals surface area (Å²) in [5.41, 5.74) is 7.38. The minimum absolute atomic E-state index is 0.748. The molecular weight excluding hydrogens is 478 g/mol. The quantitative estimate of drug-likeness (QED) is 0.231. The Kier molecular flexibility index (Phi) is 4.76. The summed E-state index contributed by atoms with van der Waals surface area (Å²) < 4.78 is 2.10. The molecule has 0 saturated carbocycles. The number of hydrogen-bond acceptors (Lipinski definition) is 4. The average molecular weight is 500 g/mol. The standard InChI is InChI=1S/C34H21N5/c1-2-9-25-22(8-1)17-18-26-30(25)27-10-7-20-36-34(27)38-31(26)23-13-15-24(16-14-23)32-33(28-11-3-5-19-35-28)39-21-6-4-12-29(39)37-32/h1-21H. The maximum atomic E-state index is 5.04. The van der Waals surface area contributed by atoms with Gasteiger partial charge >= 0.3 is 0 Å². The van der Waals surface area contributed by atoms with Gasteiger partial charge in [-0.25, -0.2) is 15.0 Å². The first-order chi connectivity index (χ1) is 19.3. The molecule has 0 spiro atoms. The Morgan fingerprint density at radius 2 is 1.28 bits per heavy atom. The highest BCUT2D eigenvalue weighted by Crippen LogP contribution is 2.38. The molecule has 0 aliphatic heterocycles. The molecule has 182 valence electrons. The van der Waals surface area contributed by atoms with Crippen molar-refractivity contribution in [2.45, 2.75) is 0 Å². The Balaban J connectivity index is 1.34. The highest BCUT2D eigenvalue weighted by molar-refractivity contribution is 6.21. The second kappa shape index (κ2) is 8.57. The first-order valence-electron chi connectivity index (χ1n) is 12.9. The van der Waals surface area contributed by atoms with Crippen molar-refractivity contribution < 1.29 is 0 Å². The summed E-state index contributed by atoms with van der Waals surface area (Å²) in [5, 5.41) is 5.77. The van der Waals surface area contributed by atoms with Crippen LogP contribution in [0.2, 0.25) is 0 Å². The van der Waals surface area contributed by atoms with Crippen LogP contribution in [-0.4, -0.2) is 24.3 Å². The number of nitrogens with zero attached hydrogens (tertiary/aromatic N) is 5. The summed E-state index contributed by atoms with van der Waals surface area (Å²) in [6.07, 6.45) is 5.66. The van der Waals surface area contributed by atoms with E-state index < -0.39 is 0 Å². The van der Waals surface area contributed by atoms with E-state index in [2.05, 4.69) is 81.1 Å². The second-order valence-electron chi connectivity index (χ2n) is 9.57. The number of hydrogen-bond donors (Lipinski definition) is 0. The molecule has 5 heteroatoms. The molecule has 3 aromatic carbocycles. The molecule has 0 aliphatic rings. The van der Waals surface area contributed by atoms with E-state index in [1.54, 1.807) is 0 Å². The third-order valence-electron chi connectivity index (χ3n) is 7.33. The fourth-order valence-electron chi connectivity index (χ4n) is 5.56. The van der Waals surface area contributed by atoms with Crippen LogP contribution in [0.5, 0.6) is 0 Å². The highest BCUT2D eigenvalue weighted by Gasteiger charge is 2.18. The Morgan fingerprint density at radius 3 is 2.15 bits per heavy atom. The predicted molar refractivity (Wildman–Crippen MR) is 157 cm³/mol. The summed E-state index contributed by atoms with van der Waals surface area (Å²) in [7, 11) is 0. The van der Waals surface area contributed by atoms with Crippen molar-refractivity contribution in [2.24, 2.45) is 0 Å². The van der Waals surface area contributed by atoms with Gasteiger partial charge in [0.05, 0.1) is 22.8 Å². The molecule has 0 saturated heterocycles. The highest BCUT2D eigenvalue weighted by atomic mass is 15.0. The van der Waals surface area contributed by atoms with E-state index in [9.17, 15) is 0 Å². The van der Waals surface area contributed by atoms with Crippen LogP contribution in [0.4, 0.5) is 0 Å². The maximum absolute atomic E-state index is 5.04. The van der Waals surface area contributed by atoms with Gasteiger partial charge in [-0.05, 0) is 47.2 Å². The van der Waals surface area contributed by atoms with Crippen molar-refractivity contribution in [2.75, 3.05) is 0 Å². The summed E-state index contributed by atoms with van der Waals surface area (Å²) in [4.78, 5) is 19.3. The van der Waals surface area contributed by atoms with Crippen LogP contribution < -0.4 is 0 Å². The van der Waals surface area contributed by atoms with E-state index >= 15 is 0 Å². The van der Waals surface area contributed by atoms with Gasteiger partial charge in [0.2, 0.25) is 0 Å². The van der Waals surface area contributed by atoms with Crippen LogP contribution in [0.15, 0.2) is 128 Å². The van der Waals surface area contributed by atoms with Crippen molar-refractivity contribution in [3.8, 4) is 33.9 Å². The van der Waals surface area contributed by atoms with Crippen molar-refractivity contribution in [3.05, 3.63) is 128 Å². The van der Waals surface area contributed by atoms with Gasteiger partial charge in [-0.15, -0.1) is 0 Å². The van der Waals surface area contributed by atoms with Gasteiger partial charge in [-0.1, -0.05) is 72.8 Å². The molecule has 0 bridgehead atoms. The Bertz CT molecular complexity index is 2150. The topological polar surface area (TPSA) is 56.0 Å². The normalized spacial score (nSPS) is 11.6. The third-order valence-corrected chi connectivity index (χ3v) is 7.33. The predicted octanol–water partition coefficient (Wildman–Crippen LogP) is 7.98. The van der Waals surface area contributed by atoms with E-state index in [1.165, 1.54) is 16.2 Å². The van der Waals surface area contributed by atoms with Crippen LogP contribution in [0.25, 0.3) is 72.1 Å². The fraction of sp³-hybridized carbons (Fsp3) is 0. The number of fused-ring (bicyclic) bond motifs is 6. The van der Waals surface area contributed by atoms with Crippen molar-refractivity contribution in [1.29, 1.82) is 0 Å². The summed E-state index contributed by atoms with van der Waals surface area (Å²) in [6, 6.07) is 37.5. The Morgan fingerprint density at radius 1 is 0.513 bits per heavy atom. The summed E-state index contributed by atoms with van der Waals surface area (Å²) >= 11 is 0. The van der Waals surface area contributed by atoms with Crippen molar-refractivity contribution in [3.63, 3.8) is 0 Å². The van der Waals surface area contributed by atoms with Gasteiger partial charge in [0.1, 0.15) is 5.65 Å². The summed E-state index contributed by atoms with van der Waals surface area (Å²) in [6.45, 7) is 0. The zero-order chi connectivity index (χ0) is 25.8. The largest absolute Gasteiger partial charge is 0.298 e. The molecule has 39 heavy (non-hydrogen) atoms. The van der Waals surface area contributed by atoms with E-state index in [0.717, 1.165) is 56.0 Å². The molecule has 0 aliphatic carbocycles. The molecule has 0 unspecified atom stereocenters. The van der Waals surface area contributed by atoms with E-state index in [1.807, 2.05) is 61.1 Å².